The number of para-hydroxylation sites is 1. The van der Waals surface area contributed by atoms with Crippen molar-refractivity contribution >= 4 is 23.2 Å². The van der Waals surface area contributed by atoms with Gasteiger partial charge >= 0.3 is 0 Å². The van der Waals surface area contributed by atoms with Crippen LogP contribution in [0, 0.1) is 0 Å². The van der Waals surface area contributed by atoms with Gasteiger partial charge in [0.1, 0.15) is 5.75 Å². The maximum Gasteiger partial charge on any atom is 0.212 e. The SMILES string of the molecule is COc1ccccc1-c1nnc2n1N=C(c1ccc(NC(C)C)cc1)CS2. The number of nitrogens with one attached hydrogen (secondary N) is 1. The molecule has 4 rings (SSSR count). The Morgan fingerprint density at radius 3 is 2.59 bits per heavy atom. The molecule has 27 heavy (non-hydrogen) atoms. The molecule has 0 saturated carbocycles. The van der Waals surface area contributed by atoms with Crippen molar-refractivity contribution in [1.82, 2.24) is 14.9 Å². The lowest BCUT2D eigenvalue weighted by atomic mass is 10.1. The molecule has 0 fully saturated rings. The third-order valence-corrected chi connectivity index (χ3v) is 5.12. The summed E-state index contributed by atoms with van der Waals surface area (Å²) in [6.07, 6.45) is 0. The Kier molecular flexibility index (Phi) is 4.85. The maximum atomic E-state index is 5.47. The molecule has 0 radical (unpaired) electrons. The normalized spacial score (nSPS) is 13.3. The van der Waals surface area contributed by atoms with Crippen molar-refractivity contribution in [2.24, 2.45) is 5.10 Å². The lowest BCUT2D eigenvalue weighted by molar-refractivity contribution is 0.416. The summed E-state index contributed by atoms with van der Waals surface area (Å²) in [6.45, 7) is 4.26. The Hall–Kier alpha value is -2.80. The van der Waals surface area contributed by atoms with E-state index in [1.165, 1.54) is 0 Å². The quantitative estimate of drug-likeness (QED) is 0.722. The van der Waals surface area contributed by atoms with Gasteiger partial charge in [-0.15, -0.1) is 10.2 Å². The summed E-state index contributed by atoms with van der Waals surface area (Å²) in [5, 5.41) is 17.7. The standard InChI is InChI=1S/C20H21N5OS/c1-13(2)21-15-10-8-14(9-11-15)17-12-27-20-23-22-19(25(20)24-17)16-6-4-5-7-18(16)26-3/h4-11,13,21H,12H2,1-3H3. The summed E-state index contributed by atoms with van der Waals surface area (Å²) in [5.74, 6) is 2.20. The molecule has 1 N–H and O–H groups in total. The number of anilines is 1. The molecule has 0 atom stereocenters. The molecule has 2 heterocycles. The van der Waals surface area contributed by atoms with Gasteiger partial charge in [0, 0.05) is 17.5 Å². The number of hydrogen-bond donors (Lipinski definition) is 1. The zero-order valence-electron chi connectivity index (χ0n) is 15.5. The van der Waals surface area contributed by atoms with Gasteiger partial charge in [0.25, 0.3) is 0 Å². The van der Waals surface area contributed by atoms with E-state index in [-0.39, 0.29) is 0 Å². The van der Waals surface area contributed by atoms with E-state index in [1.54, 1.807) is 18.9 Å². The first-order chi connectivity index (χ1) is 13.2. The van der Waals surface area contributed by atoms with Crippen LogP contribution in [0.1, 0.15) is 19.4 Å². The Balaban J connectivity index is 1.70. The summed E-state index contributed by atoms with van der Waals surface area (Å²) in [4.78, 5) is 0. The van der Waals surface area contributed by atoms with Crippen LogP contribution in [0.15, 0.2) is 58.8 Å². The average molecular weight is 379 g/mol. The summed E-state index contributed by atoms with van der Waals surface area (Å²) in [5.41, 5.74) is 4.08. The highest BCUT2D eigenvalue weighted by Crippen LogP contribution is 2.33. The number of methoxy groups -OCH3 is 1. The van der Waals surface area contributed by atoms with Crippen molar-refractivity contribution in [3.63, 3.8) is 0 Å². The van der Waals surface area contributed by atoms with Crippen LogP contribution in [0.25, 0.3) is 11.4 Å². The Morgan fingerprint density at radius 2 is 1.85 bits per heavy atom. The van der Waals surface area contributed by atoms with Crippen molar-refractivity contribution in [2.75, 3.05) is 18.2 Å². The number of fused-ring (bicyclic) bond motifs is 1. The van der Waals surface area contributed by atoms with Gasteiger partial charge in [-0.25, -0.2) is 0 Å². The van der Waals surface area contributed by atoms with E-state index >= 15 is 0 Å². The number of hydrogen-bond acceptors (Lipinski definition) is 6. The topological polar surface area (TPSA) is 64.3 Å². The van der Waals surface area contributed by atoms with Gasteiger partial charge in [-0.05, 0) is 43.7 Å². The average Bonchev–Trinajstić information content (AvgIpc) is 3.11. The van der Waals surface area contributed by atoms with Crippen molar-refractivity contribution in [2.45, 2.75) is 25.0 Å². The van der Waals surface area contributed by atoms with Gasteiger partial charge in [-0.3, -0.25) is 0 Å². The van der Waals surface area contributed by atoms with E-state index in [9.17, 15) is 0 Å². The number of ether oxygens (including phenoxy) is 1. The van der Waals surface area contributed by atoms with E-state index in [0.717, 1.165) is 39.2 Å². The smallest absolute Gasteiger partial charge is 0.212 e. The highest BCUT2D eigenvalue weighted by atomic mass is 32.2. The molecule has 0 amide bonds. The van der Waals surface area contributed by atoms with Gasteiger partial charge in [0.05, 0.1) is 18.4 Å². The van der Waals surface area contributed by atoms with Crippen LogP contribution < -0.4 is 10.1 Å². The van der Waals surface area contributed by atoms with Gasteiger partial charge < -0.3 is 10.1 Å². The fourth-order valence-corrected chi connectivity index (χ4v) is 3.80. The number of thioether (sulfide) groups is 1. The number of nitrogens with zero attached hydrogens (tertiary/aromatic N) is 4. The Bertz CT molecular complexity index is 978. The zero-order valence-corrected chi connectivity index (χ0v) is 16.3. The molecule has 3 aromatic rings. The van der Waals surface area contributed by atoms with Crippen molar-refractivity contribution in [1.29, 1.82) is 0 Å². The zero-order chi connectivity index (χ0) is 18.8. The molecule has 7 heteroatoms. The fourth-order valence-electron chi connectivity index (χ4n) is 2.96. The minimum atomic E-state index is 0.404. The minimum absolute atomic E-state index is 0.404. The molecule has 0 spiro atoms. The maximum absolute atomic E-state index is 5.47. The number of benzene rings is 2. The first-order valence-electron chi connectivity index (χ1n) is 8.82. The molecule has 0 unspecified atom stereocenters. The molecule has 0 aliphatic carbocycles. The van der Waals surface area contributed by atoms with Crippen molar-refractivity contribution in [3.05, 3.63) is 54.1 Å². The predicted octanol–water partition coefficient (Wildman–Crippen LogP) is 4.13. The summed E-state index contributed by atoms with van der Waals surface area (Å²) < 4.78 is 7.28. The van der Waals surface area contributed by atoms with Crippen LogP contribution in [-0.2, 0) is 0 Å². The van der Waals surface area contributed by atoms with E-state index in [2.05, 4.69) is 53.6 Å². The van der Waals surface area contributed by atoms with Gasteiger partial charge in [-0.1, -0.05) is 36.0 Å². The predicted molar refractivity (Wildman–Crippen MR) is 110 cm³/mol. The van der Waals surface area contributed by atoms with Crippen molar-refractivity contribution in [3.8, 4) is 17.1 Å². The molecule has 2 aromatic carbocycles. The second kappa shape index (κ2) is 7.44. The lowest BCUT2D eigenvalue weighted by Gasteiger charge is -2.15. The second-order valence-electron chi connectivity index (χ2n) is 6.53. The first kappa shape index (κ1) is 17.6. The summed E-state index contributed by atoms with van der Waals surface area (Å²) in [6, 6.07) is 16.6. The molecule has 1 aromatic heterocycles. The van der Waals surface area contributed by atoms with Crippen LogP contribution in [0.5, 0.6) is 5.75 Å². The van der Waals surface area contributed by atoms with E-state index in [1.807, 2.05) is 28.9 Å². The Labute approximate surface area is 162 Å². The molecule has 6 nitrogen and oxygen atoms in total. The molecule has 0 bridgehead atoms. The van der Waals surface area contributed by atoms with Gasteiger partial charge in [0.15, 0.2) is 5.82 Å². The van der Waals surface area contributed by atoms with E-state index in [4.69, 9.17) is 9.84 Å². The summed E-state index contributed by atoms with van der Waals surface area (Å²) >= 11 is 1.64. The van der Waals surface area contributed by atoms with Gasteiger partial charge in [0.2, 0.25) is 5.16 Å². The Morgan fingerprint density at radius 1 is 1.07 bits per heavy atom. The second-order valence-corrected chi connectivity index (χ2v) is 7.47. The molecular formula is C20H21N5OS. The molecule has 138 valence electrons. The van der Waals surface area contributed by atoms with Crippen LogP contribution in [-0.4, -0.2) is 39.5 Å². The number of rotatable bonds is 5. The highest BCUT2D eigenvalue weighted by molar-refractivity contribution is 7.99. The lowest BCUT2D eigenvalue weighted by Crippen LogP contribution is -2.14. The first-order valence-corrected chi connectivity index (χ1v) is 9.80. The molecular weight excluding hydrogens is 358 g/mol. The van der Waals surface area contributed by atoms with Crippen molar-refractivity contribution < 1.29 is 4.74 Å². The minimum Gasteiger partial charge on any atom is -0.496 e. The van der Waals surface area contributed by atoms with Crippen LogP contribution >= 0.6 is 11.8 Å². The fraction of sp³-hybridized carbons (Fsp3) is 0.250. The van der Waals surface area contributed by atoms with Crippen LogP contribution in [0.4, 0.5) is 5.69 Å². The third-order valence-electron chi connectivity index (χ3n) is 4.19. The largest absolute Gasteiger partial charge is 0.496 e. The third kappa shape index (κ3) is 3.55. The van der Waals surface area contributed by atoms with E-state index in [0.29, 0.717) is 11.9 Å². The molecule has 1 aliphatic rings. The summed E-state index contributed by atoms with van der Waals surface area (Å²) in [7, 11) is 1.66. The van der Waals surface area contributed by atoms with Crippen LogP contribution in [0.2, 0.25) is 0 Å². The molecule has 1 aliphatic heterocycles. The van der Waals surface area contributed by atoms with E-state index < -0.39 is 0 Å². The highest BCUT2D eigenvalue weighted by Gasteiger charge is 2.22. The van der Waals surface area contributed by atoms with Crippen LogP contribution in [0.3, 0.4) is 0 Å². The molecule has 0 saturated heterocycles. The monoisotopic (exact) mass is 379 g/mol. The van der Waals surface area contributed by atoms with Gasteiger partial charge in [-0.2, -0.15) is 9.78 Å². The number of aromatic nitrogens is 3.